The van der Waals surface area contributed by atoms with E-state index in [1.807, 2.05) is 29.2 Å². The molecule has 1 aromatic rings. The first-order valence-corrected chi connectivity index (χ1v) is 8.98. The highest BCUT2D eigenvalue weighted by molar-refractivity contribution is 6.30. The first kappa shape index (κ1) is 21.7. The maximum atomic E-state index is 12.6. The third-order valence-electron chi connectivity index (χ3n) is 4.39. The Morgan fingerprint density at radius 2 is 1.92 bits per heavy atom. The lowest BCUT2D eigenvalue weighted by Gasteiger charge is -2.36. The minimum absolute atomic E-state index is 0. The molecule has 5 nitrogen and oxygen atoms in total. The summed E-state index contributed by atoms with van der Waals surface area (Å²) in [6.07, 6.45) is 4.58. The standard InChI is InChI=1S/C18H26ClN3O2.ClH/c19-15-7-4-14(5-8-15)6-9-18(24)22-12-2-1-3-16(22)13-21-17(23)10-11-20;/h4-5,7-8,16H,1-3,6,9-13,20H2,(H,21,23);1H. The molecule has 1 aliphatic rings. The average Bonchev–Trinajstić information content (AvgIpc) is 2.60. The number of likely N-dealkylation sites (tertiary alicyclic amines) is 1. The molecule has 1 aromatic carbocycles. The summed E-state index contributed by atoms with van der Waals surface area (Å²) in [5, 5.41) is 3.59. The zero-order valence-corrected chi connectivity index (χ0v) is 16.0. The van der Waals surface area contributed by atoms with Crippen LogP contribution in [-0.2, 0) is 16.0 Å². The van der Waals surface area contributed by atoms with Gasteiger partial charge in [-0.2, -0.15) is 0 Å². The normalized spacial score (nSPS) is 16.9. The average molecular weight is 388 g/mol. The number of rotatable bonds is 7. The first-order valence-electron chi connectivity index (χ1n) is 8.61. The number of nitrogens with two attached hydrogens (primary N) is 1. The lowest BCUT2D eigenvalue weighted by atomic mass is 10.0. The Hall–Kier alpha value is -1.30. The summed E-state index contributed by atoms with van der Waals surface area (Å²) in [5.41, 5.74) is 6.49. The molecular formula is C18H27Cl2N3O2. The second-order valence-corrected chi connectivity index (χ2v) is 6.64. The number of amides is 2. The molecule has 1 heterocycles. The van der Waals surface area contributed by atoms with Crippen LogP contribution in [0.15, 0.2) is 24.3 Å². The second kappa shape index (κ2) is 11.3. The number of carbonyl (C=O) groups is 2. The van der Waals surface area contributed by atoms with E-state index in [0.29, 0.717) is 37.4 Å². The Morgan fingerprint density at radius 3 is 2.60 bits per heavy atom. The fourth-order valence-electron chi connectivity index (χ4n) is 3.04. The number of carbonyl (C=O) groups excluding carboxylic acids is 2. The smallest absolute Gasteiger partial charge is 0.223 e. The minimum Gasteiger partial charge on any atom is -0.354 e. The zero-order chi connectivity index (χ0) is 17.4. The van der Waals surface area contributed by atoms with Crippen molar-refractivity contribution in [2.75, 3.05) is 19.6 Å². The van der Waals surface area contributed by atoms with Crippen LogP contribution < -0.4 is 11.1 Å². The van der Waals surface area contributed by atoms with Gasteiger partial charge in [-0.1, -0.05) is 23.7 Å². The van der Waals surface area contributed by atoms with Crippen LogP contribution in [0.3, 0.4) is 0 Å². The number of benzene rings is 1. The van der Waals surface area contributed by atoms with Gasteiger partial charge in [-0.3, -0.25) is 9.59 Å². The summed E-state index contributed by atoms with van der Waals surface area (Å²) in [5.74, 6) is 0.111. The quantitative estimate of drug-likeness (QED) is 0.754. The molecule has 1 fully saturated rings. The molecule has 0 saturated carbocycles. The monoisotopic (exact) mass is 387 g/mol. The van der Waals surface area contributed by atoms with Crippen LogP contribution in [0.25, 0.3) is 0 Å². The van der Waals surface area contributed by atoms with Gasteiger partial charge in [0.05, 0.1) is 0 Å². The predicted molar refractivity (Wildman–Crippen MR) is 103 cm³/mol. The third-order valence-corrected chi connectivity index (χ3v) is 4.65. The lowest BCUT2D eigenvalue weighted by Crippen LogP contribution is -2.49. The van der Waals surface area contributed by atoms with Gasteiger partial charge in [0.1, 0.15) is 0 Å². The SMILES string of the molecule is Cl.NCCC(=O)NCC1CCCCN1C(=O)CCc1ccc(Cl)cc1. The van der Waals surface area contributed by atoms with Crippen LogP contribution in [0.5, 0.6) is 0 Å². The number of hydrogen-bond acceptors (Lipinski definition) is 3. The highest BCUT2D eigenvalue weighted by atomic mass is 35.5. The number of nitrogens with zero attached hydrogens (tertiary/aromatic N) is 1. The lowest BCUT2D eigenvalue weighted by molar-refractivity contribution is -0.135. The van der Waals surface area contributed by atoms with Gasteiger partial charge >= 0.3 is 0 Å². The highest BCUT2D eigenvalue weighted by Crippen LogP contribution is 2.19. The molecule has 3 N–H and O–H groups in total. The van der Waals surface area contributed by atoms with E-state index in [2.05, 4.69) is 5.32 Å². The van der Waals surface area contributed by atoms with Crippen LogP contribution in [0.4, 0.5) is 0 Å². The largest absolute Gasteiger partial charge is 0.354 e. The fourth-order valence-corrected chi connectivity index (χ4v) is 3.16. The van der Waals surface area contributed by atoms with E-state index in [9.17, 15) is 9.59 Å². The van der Waals surface area contributed by atoms with E-state index in [0.717, 1.165) is 31.4 Å². The Bertz CT molecular complexity index is 552. The van der Waals surface area contributed by atoms with Gasteiger partial charge < -0.3 is 16.0 Å². The minimum atomic E-state index is -0.0448. The van der Waals surface area contributed by atoms with E-state index < -0.39 is 0 Å². The highest BCUT2D eigenvalue weighted by Gasteiger charge is 2.26. The van der Waals surface area contributed by atoms with Crippen molar-refractivity contribution in [3.8, 4) is 0 Å². The van der Waals surface area contributed by atoms with Gasteiger partial charge in [0, 0.05) is 43.5 Å². The van der Waals surface area contributed by atoms with Crippen LogP contribution in [0, 0.1) is 0 Å². The summed E-state index contributed by atoms with van der Waals surface area (Å²) in [7, 11) is 0. The van der Waals surface area contributed by atoms with Crippen LogP contribution >= 0.6 is 24.0 Å². The van der Waals surface area contributed by atoms with Crippen LogP contribution in [-0.4, -0.2) is 42.4 Å². The number of hydrogen-bond donors (Lipinski definition) is 2. The van der Waals surface area contributed by atoms with Crippen LogP contribution in [0.2, 0.25) is 5.02 Å². The molecule has 1 aliphatic heterocycles. The fraction of sp³-hybridized carbons (Fsp3) is 0.556. The molecule has 7 heteroatoms. The number of halogens is 2. The molecule has 2 rings (SSSR count). The van der Waals surface area contributed by atoms with Crippen molar-refractivity contribution in [3.05, 3.63) is 34.9 Å². The Kier molecular flexibility index (Phi) is 9.86. The van der Waals surface area contributed by atoms with E-state index in [1.54, 1.807) is 0 Å². The number of aryl methyl sites for hydroxylation is 1. The number of piperidine rings is 1. The van der Waals surface area contributed by atoms with Gasteiger partial charge in [0.25, 0.3) is 0 Å². The first-order chi connectivity index (χ1) is 11.6. The van der Waals surface area contributed by atoms with Crippen molar-refractivity contribution in [2.24, 2.45) is 5.73 Å². The van der Waals surface area contributed by atoms with Crippen LogP contribution in [0.1, 0.15) is 37.7 Å². The molecular weight excluding hydrogens is 361 g/mol. The van der Waals surface area contributed by atoms with Gasteiger partial charge in [0.2, 0.25) is 11.8 Å². The van der Waals surface area contributed by atoms with E-state index >= 15 is 0 Å². The molecule has 1 unspecified atom stereocenters. The topological polar surface area (TPSA) is 75.4 Å². The molecule has 0 radical (unpaired) electrons. The molecule has 0 bridgehead atoms. The molecule has 0 aliphatic carbocycles. The van der Waals surface area contributed by atoms with E-state index in [1.165, 1.54) is 0 Å². The molecule has 2 amide bonds. The summed E-state index contributed by atoms with van der Waals surface area (Å²) in [4.78, 5) is 26.1. The van der Waals surface area contributed by atoms with Crippen molar-refractivity contribution < 1.29 is 9.59 Å². The van der Waals surface area contributed by atoms with Crippen molar-refractivity contribution in [1.29, 1.82) is 0 Å². The zero-order valence-electron chi connectivity index (χ0n) is 14.4. The Morgan fingerprint density at radius 1 is 1.20 bits per heavy atom. The summed E-state index contributed by atoms with van der Waals surface area (Å²) >= 11 is 5.88. The molecule has 0 aromatic heterocycles. The maximum absolute atomic E-state index is 12.6. The van der Waals surface area contributed by atoms with E-state index in [-0.39, 0.29) is 30.3 Å². The number of nitrogens with one attached hydrogen (secondary N) is 1. The second-order valence-electron chi connectivity index (χ2n) is 6.21. The molecule has 1 saturated heterocycles. The van der Waals surface area contributed by atoms with Gasteiger partial charge in [-0.15, -0.1) is 12.4 Å². The predicted octanol–water partition coefficient (Wildman–Crippen LogP) is 2.54. The maximum Gasteiger partial charge on any atom is 0.223 e. The Labute approximate surface area is 160 Å². The van der Waals surface area contributed by atoms with Gasteiger partial charge in [-0.25, -0.2) is 0 Å². The van der Waals surface area contributed by atoms with Gasteiger partial charge in [0.15, 0.2) is 0 Å². The van der Waals surface area contributed by atoms with E-state index in [4.69, 9.17) is 17.3 Å². The van der Waals surface area contributed by atoms with Gasteiger partial charge in [-0.05, 0) is 43.4 Å². The van der Waals surface area contributed by atoms with Crippen molar-refractivity contribution in [2.45, 2.75) is 44.6 Å². The summed E-state index contributed by atoms with van der Waals surface area (Å²) in [6, 6.07) is 7.70. The molecule has 25 heavy (non-hydrogen) atoms. The summed E-state index contributed by atoms with van der Waals surface area (Å²) < 4.78 is 0. The van der Waals surface area contributed by atoms with Crippen molar-refractivity contribution in [1.82, 2.24) is 10.2 Å². The molecule has 0 spiro atoms. The molecule has 1 atom stereocenters. The Balaban J connectivity index is 0.00000312. The molecule has 140 valence electrons. The third kappa shape index (κ3) is 7.22. The van der Waals surface area contributed by atoms with Crippen molar-refractivity contribution in [3.63, 3.8) is 0 Å². The van der Waals surface area contributed by atoms with Crippen molar-refractivity contribution >= 4 is 35.8 Å². The summed E-state index contributed by atoms with van der Waals surface area (Å²) in [6.45, 7) is 1.64.